The van der Waals surface area contributed by atoms with Crippen molar-refractivity contribution in [2.24, 2.45) is 5.41 Å². The van der Waals surface area contributed by atoms with Crippen LogP contribution in [0.1, 0.15) is 45.2 Å². The van der Waals surface area contributed by atoms with Gasteiger partial charge in [0.05, 0.1) is 12.1 Å². The van der Waals surface area contributed by atoms with Gasteiger partial charge in [-0.25, -0.2) is 14.1 Å². The van der Waals surface area contributed by atoms with Crippen LogP contribution in [0, 0.1) is 11.2 Å². The Balaban J connectivity index is 2.00. The fraction of sp³-hybridized carbons (Fsp3) is 0.444. The molecular formula is C18H24FN3O. The van der Waals surface area contributed by atoms with Crippen LogP contribution in [0.2, 0.25) is 0 Å². The minimum Gasteiger partial charge on any atom is -0.390 e. The van der Waals surface area contributed by atoms with Crippen molar-refractivity contribution < 1.29 is 9.50 Å². The number of nitrogens with zero attached hydrogens (tertiary/aromatic N) is 3. The van der Waals surface area contributed by atoms with Gasteiger partial charge in [-0.2, -0.15) is 5.10 Å². The molecule has 0 spiro atoms. The lowest BCUT2D eigenvalue weighted by atomic mass is 9.83. The van der Waals surface area contributed by atoms with Crippen molar-refractivity contribution in [3.63, 3.8) is 0 Å². The van der Waals surface area contributed by atoms with Crippen LogP contribution < -0.4 is 0 Å². The number of aliphatic hydroxyl groups excluding tert-OH is 1. The minimum atomic E-state index is -0.525. The molecule has 2 unspecified atom stereocenters. The predicted molar refractivity (Wildman–Crippen MR) is 89.2 cm³/mol. The molecule has 2 rings (SSSR count). The Morgan fingerprint density at radius 2 is 1.96 bits per heavy atom. The zero-order valence-corrected chi connectivity index (χ0v) is 13.9. The SMILES string of the molecule is CC(C)(C)C(O)C(CC/C=C/c1ccc(F)cc1)n1cncn1. The van der Waals surface area contributed by atoms with Crippen LogP contribution in [0.15, 0.2) is 43.0 Å². The van der Waals surface area contributed by atoms with Crippen molar-refractivity contribution in [3.8, 4) is 0 Å². The molecular weight excluding hydrogens is 293 g/mol. The van der Waals surface area contributed by atoms with Crippen molar-refractivity contribution in [1.29, 1.82) is 0 Å². The third kappa shape index (κ3) is 4.99. The van der Waals surface area contributed by atoms with E-state index in [9.17, 15) is 9.50 Å². The van der Waals surface area contributed by atoms with Crippen molar-refractivity contribution in [2.45, 2.75) is 45.8 Å². The van der Waals surface area contributed by atoms with Gasteiger partial charge in [0.2, 0.25) is 0 Å². The van der Waals surface area contributed by atoms with Gasteiger partial charge in [-0.3, -0.25) is 0 Å². The highest BCUT2D eigenvalue weighted by Crippen LogP contribution is 2.30. The molecule has 0 bridgehead atoms. The van der Waals surface area contributed by atoms with Gasteiger partial charge in [-0.05, 0) is 36.0 Å². The Morgan fingerprint density at radius 1 is 1.26 bits per heavy atom. The third-order valence-electron chi connectivity index (χ3n) is 3.84. The number of aliphatic hydroxyl groups is 1. The topological polar surface area (TPSA) is 50.9 Å². The Kier molecular flexibility index (Phi) is 5.66. The molecule has 0 saturated carbocycles. The van der Waals surface area contributed by atoms with Gasteiger partial charge < -0.3 is 5.11 Å². The average Bonchev–Trinajstić information content (AvgIpc) is 3.01. The molecule has 0 saturated heterocycles. The average molecular weight is 317 g/mol. The second-order valence-corrected chi connectivity index (χ2v) is 6.78. The zero-order chi connectivity index (χ0) is 16.9. The number of hydrogen-bond acceptors (Lipinski definition) is 3. The second kappa shape index (κ2) is 7.51. The quantitative estimate of drug-likeness (QED) is 0.880. The van der Waals surface area contributed by atoms with Gasteiger partial charge in [0.1, 0.15) is 18.5 Å². The molecule has 0 aliphatic carbocycles. The molecule has 2 aromatic rings. The molecule has 4 nitrogen and oxygen atoms in total. The van der Waals surface area contributed by atoms with Crippen molar-refractivity contribution >= 4 is 6.08 Å². The Hall–Kier alpha value is -2.01. The van der Waals surface area contributed by atoms with Gasteiger partial charge in [0.15, 0.2) is 0 Å². The van der Waals surface area contributed by atoms with E-state index >= 15 is 0 Å². The van der Waals surface area contributed by atoms with Crippen LogP contribution in [0.25, 0.3) is 6.08 Å². The van der Waals surface area contributed by atoms with Crippen molar-refractivity contribution in [3.05, 3.63) is 54.4 Å². The fourth-order valence-corrected chi connectivity index (χ4v) is 2.46. The maximum atomic E-state index is 12.9. The van der Waals surface area contributed by atoms with E-state index in [1.807, 2.05) is 32.9 Å². The van der Waals surface area contributed by atoms with E-state index < -0.39 is 6.10 Å². The normalized spacial score (nSPS) is 15.0. The molecule has 1 aromatic heterocycles. The molecule has 0 fully saturated rings. The fourth-order valence-electron chi connectivity index (χ4n) is 2.46. The van der Waals surface area contributed by atoms with Gasteiger partial charge in [-0.15, -0.1) is 0 Å². The minimum absolute atomic E-state index is 0.129. The van der Waals surface area contributed by atoms with Gasteiger partial charge in [0, 0.05) is 0 Å². The van der Waals surface area contributed by atoms with Crippen molar-refractivity contribution in [2.75, 3.05) is 0 Å². The highest BCUT2D eigenvalue weighted by Gasteiger charge is 2.31. The molecule has 5 heteroatoms. The molecule has 1 N–H and O–H groups in total. The van der Waals surface area contributed by atoms with E-state index in [2.05, 4.69) is 10.1 Å². The summed E-state index contributed by atoms with van der Waals surface area (Å²) in [6, 6.07) is 6.24. The van der Waals surface area contributed by atoms with Gasteiger partial charge in [0.25, 0.3) is 0 Å². The molecule has 0 radical (unpaired) electrons. The maximum absolute atomic E-state index is 12.9. The first kappa shape index (κ1) is 17.3. The highest BCUT2D eigenvalue weighted by molar-refractivity contribution is 5.48. The van der Waals surface area contributed by atoms with Gasteiger partial charge in [-0.1, -0.05) is 45.1 Å². The summed E-state index contributed by atoms with van der Waals surface area (Å²) in [5, 5.41) is 14.8. The Labute approximate surface area is 136 Å². The van der Waals surface area contributed by atoms with Crippen LogP contribution in [0.4, 0.5) is 4.39 Å². The lowest BCUT2D eigenvalue weighted by Gasteiger charge is -2.32. The second-order valence-electron chi connectivity index (χ2n) is 6.78. The monoisotopic (exact) mass is 317 g/mol. The highest BCUT2D eigenvalue weighted by atomic mass is 19.1. The predicted octanol–water partition coefficient (Wildman–Crippen LogP) is 3.86. The first-order valence-corrected chi connectivity index (χ1v) is 7.82. The molecule has 0 amide bonds. The first-order valence-electron chi connectivity index (χ1n) is 7.82. The lowest BCUT2D eigenvalue weighted by Crippen LogP contribution is -2.35. The third-order valence-corrected chi connectivity index (χ3v) is 3.84. The van der Waals surface area contributed by atoms with E-state index in [4.69, 9.17) is 0 Å². The van der Waals surface area contributed by atoms with Crippen LogP contribution in [0.3, 0.4) is 0 Å². The smallest absolute Gasteiger partial charge is 0.137 e. The summed E-state index contributed by atoms with van der Waals surface area (Å²) in [6.45, 7) is 6.03. The largest absolute Gasteiger partial charge is 0.390 e. The summed E-state index contributed by atoms with van der Waals surface area (Å²) in [4.78, 5) is 3.98. The number of rotatable bonds is 6. The molecule has 23 heavy (non-hydrogen) atoms. The van der Waals surface area contributed by atoms with Crippen molar-refractivity contribution in [1.82, 2.24) is 14.8 Å². The summed E-state index contributed by atoms with van der Waals surface area (Å²) in [5.74, 6) is -0.235. The van der Waals surface area contributed by atoms with E-state index in [1.54, 1.807) is 23.1 Å². The van der Waals surface area contributed by atoms with Crippen LogP contribution >= 0.6 is 0 Å². The number of benzene rings is 1. The summed E-state index contributed by atoms with van der Waals surface area (Å²) < 4.78 is 14.6. The van der Waals surface area contributed by atoms with Crippen LogP contribution in [-0.2, 0) is 0 Å². The number of hydrogen-bond donors (Lipinski definition) is 1. The molecule has 2 atom stereocenters. The van der Waals surface area contributed by atoms with E-state index in [0.29, 0.717) is 0 Å². The van der Waals surface area contributed by atoms with E-state index in [1.165, 1.54) is 18.5 Å². The molecule has 1 heterocycles. The summed E-state index contributed by atoms with van der Waals surface area (Å²) in [6.07, 6.45) is 8.13. The summed E-state index contributed by atoms with van der Waals surface area (Å²) in [5.41, 5.74) is 0.720. The van der Waals surface area contributed by atoms with E-state index in [0.717, 1.165) is 18.4 Å². The summed E-state index contributed by atoms with van der Waals surface area (Å²) in [7, 11) is 0. The molecule has 0 aliphatic rings. The molecule has 1 aromatic carbocycles. The number of halogens is 1. The van der Waals surface area contributed by atoms with Crippen LogP contribution in [0.5, 0.6) is 0 Å². The first-order chi connectivity index (χ1) is 10.9. The van der Waals surface area contributed by atoms with Crippen LogP contribution in [-0.4, -0.2) is 26.0 Å². The zero-order valence-electron chi connectivity index (χ0n) is 13.9. The maximum Gasteiger partial charge on any atom is 0.137 e. The van der Waals surface area contributed by atoms with E-state index in [-0.39, 0.29) is 17.3 Å². The Morgan fingerprint density at radius 3 is 2.52 bits per heavy atom. The lowest BCUT2D eigenvalue weighted by molar-refractivity contribution is 0.00968. The van der Waals surface area contributed by atoms with Gasteiger partial charge >= 0.3 is 0 Å². The standard InChI is InChI=1S/C18H24FN3O/c1-18(2,3)17(23)16(22-13-20-12-21-22)7-5-4-6-14-8-10-15(19)11-9-14/h4,6,8-13,16-17,23H,5,7H2,1-3H3/b6-4+. The molecule has 124 valence electrons. The summed E-state index contributed by atoms with van der Waals surface area (Å²) >= 11 is 0. The number of allylic oxidation sites excluding steroid dienone is 1. The Bertz CT molecular complexity index is 615. The molecule has 0 aliphatic heterocycles. The number of aromatic nitrogens is 3.